The molecule has 0 saturated heterocycles. The van der Waals surface area contributed by atoms with Gasteiger partial charge in [0, 0.05) is 13.6 Å². The molecular formula is C10H19N5O. The van der Waals surface area contributed by atoms with E-state index in [1.807, 2.05) is 7.05 Å². The van der Waals surface area contributed by atoms with Crippen molar-refractivity contribution in [2.45, 2.75) is 20.4 Å². The molecule has 0 aliphatic carbocycles. The van der Waals surface area contributed by atoms with Crippen LogP contribution in [0.15, 0.2) is 6.20 Å². The molecule has 0 unspecified atom stereocenters. The average molecular weight is 225 g/mol. The zero-order chi connectivity index (χ0) is 12.1. The maximum atomic E-state index is 11.5. The lowest BCUT2D eigenvalue weighted by Crippen LogP contribution is -2.32. The first-order chi connectivity index (χ1) is 7.63. The lowest BCUT2D eigenvalue weighted by Gasteiger charge is -2.18. The van der Waals surface area contributed by atoms with E-state index < -0.39 is 0 Å². The molecular weight excluding hydrogens is 206 g/mol. The Morgan fingerprint density at radius 3 is 2.69 bits per heavy atom. The molecule has 0 aliphatic rings. The van der Waals surface area contributed by atoms with Gasteiger partial charge in [-0.2, -0.15) is 5.10 Å². The standard InChI is InChI=1S/C10H19N5O/c1-4-15(5-2)7-9-8(10(16)13-11)6-12-14(9)3/h6H,4-5,7,11H2,1-3H3,(H,13,16). The Balaban J connectivity index is 2.93. The van der Waals surface area contributed by atoms with Crippen LogP contribution in [0.5, 0.6) is 0 Å². The first-order valence-corrected chi connectivity index (χ1v) is 5.38. The zero-order valence-electron chi connectivity index (χ0n) is 10.0. The highest BCUT2D eigenvalue weighted by Gasteiger charge is 2.16. The maximum Gasteiger partial charge on any atom is 0.268 e. The van der Waals surface area contributed by atoms with Gasteiger partial charge in [0.2, 0.25) is 0 Å². The molecule has 1 aromatic rings. The van der Waals surface area contributed by atoms with E-state index in [1.54, 1.807) is 10.9 Å². The van der Waals surface area contributed by atoms with Crippen molar-refractivity contribution in [3.05, 3.63) is 17.5 Å². The van der Waals surface area contributed by atoms with Crippen molar-refractivity contribution >= 4 is 5.91 Å². The molecule has 0 aliphatic heterocycles. The van der Waals surface area contributed by atoms with Crippen LogP contribution in [0.4, 0.5) is 0 Å². The van der Waals surface area contributed by atoms with Crippen LogP contribution in [0.3, 0.4) is 0 Å². The molecule has 0 fully saturated rings. The van der Waals surface area contributed by atoms with Crippen LogP contribution < -0.4 is 11.3 Å². The summed E-state index contributed by atoms with van der Waals surface area (Å²) in [5.74, 6) is 4.83. The van der Waals surface area contributed by atoms with Crippen LogP contribution in [-0.4, -0.2) is 33.7 Å². The number of hydrazine groups is 1. The predicted octanol–water partition coefficient (Wildman–Crippen LogP) is -0.135. The van der Waals surface area contributed by atoms with E-state index in [-0.39, 0.29) is 5.91 Å². The number of amides is 1. The van der Waals surface area contributed by atoms with E-state index in [0.29, 0.717) is 12.1 Å². The minimum Gasteiger partial charge on any atom is -0.298 e. The average Bonchev–Trinajstić information content (AvgIpc) is 2.66. The largest absolute Gasteiger partial charge is 0.298 e. The molecule has 1 heterocycles. The van der Waals surface area contributed by atoms with E-state index >= 15 is 0 Å². The summed E-state index contributed by atoms with van der Waals surface area (Å²) in [5, 5.41) is 4.08. The maximum absolute atomic E-state index is 11.5. The van der Waals surface area contributed by atoms with Crippen LogP contribution >= 0.6 is 0 Å². The van der Waals surface area contributed by atoms with Gasteiger partial charge in [0.15, 0.2) is 0 Å². The SMILES string of the molecule is CCN(CC)Cc1c(C(=O)NN)cnn1C. The van der Waals surface area contributed by atoms with E-state index in [0.717, 1.165) is 18.8 Å². The van der Waals surface area contributed by atoms with Crippen molar-refractivity contribution in [1.29, 1.82) is 0 Å². The number of nitrogens with one attached hydrogen (secondary N) is 1. The summed E-state index contributed by atoms with van der Waals surface area (Å²) < 4.78 is 1.71. The Hall–Kier alpha value is -1.40. The third-order valence-corrected chi connectivity index (χ3v) is 2.71. The third kappa shape index (κ3) is 2.59. The van der Waals surface area contributed by atoms with E-state index in [4.69, 9.17) is 5.84 Å². The summed E-state index contributed by atoms with van der Waals surface area (Å²) in [6.45, 7) is 6.74. The fourth-order valence-electron chi connectivity index (χ4n) is 1.58. The number of aromatic nitrogens is 2. The zero-order valence-corrected chi connectivity index (χ0v) is 10.0. The minimum atomic E-state index is -0.296. The summed E-state index contributed by atoms with van der Waals surface area (Å²) in [5.41, 5.74) is 3.55. The molecule has 1 aromatic heterocycles. The summed E-state index contributed by atoms with van der Waals surface area (Å²) in [6, 6.07) is 0. The summed E-state index contributed by atoms with van der Waals surface area (Å²) in [6.07, 6.45) is 1.54. The lowest BCUT2D eigenvalue weighted by atomic mass is 10.2. The van der Waals surface area contributed by atoms with Gasteiger partial charge in [-0.15, -0.1) is 0 Å². The molecule has 6 heteroatoms. The molecule has 1 amide bonds. The predicted molar refractivity (Wildman–Crippen MR) is 61.5 cm³/mol. The Morgan fingerprint density at radius 1 is 1.56 bits per heavy atom. The van der Waals surface area contributed by atoms with Crippen molar-refractivity contribution in [3.63, 3.8) is 0 Å². The number of rotatable bonds is 5. The molecule has 6 nitrogen and oxygen atoms in total. The van der Waals surface area contributed by atoms with Crippen molar-refractivity contribution in [3.8, 4) is 0 Å². The topological polar surface area (TPSA) is 76.2 Å². The summed E-state index contributed by atoms with van der Waals surface area (Å²) in [4.78, 5) is 13.7. The van der Waals surface area contributed by atoms with Crippen LogP contribution in [0.25, 0.3) is 0 Å². The molecule has 0 radical (unpaired) electrons. The number of aryl methyl sites for hydroxylation is 1. The lowest BCUT2D eigenvalue weighted by molar-refractivity contribution is 0.0951. The molecule has 1 rings (SSSR count). The second-order valence-corrected chi connectivity index (χ2v) is 3.56. The second-order valence-electron chi connectivity index (χ2n) is 3.56. The number of hydrogen-bond donors (Lipinski definition) is 2. The molecule has 0 atom stereocenters. The van der Waals surface area contributed by atoms with Crippen molar-refractivity contribution in [1.82, 2.24) is 20.1 Å². The number of carbonyl (C=O) groups excluding carboxylic acids is 1. The van der Waals surface area contributed by atoms with Gasteiger partial charge in [-0.3, -0.25) is 19.8 Å². The molecule has 16 heavy (non-hydrogen) atoms. The second kappa shape index (κ2) is 5.62. The van der Waals surface area contributed by atoms with Crippen LogP contribution in [0.1, 0.15) is 29.9 Å². The Kier molecular flexibility index (Phi) is 4.45. The van der Waals surface area contributed by atoms with Crippen molar-refractivity contribution < 1.29 is 4.79 Å². The number of nitrogens with zero attached hydrogens (tertiary/aromatic N) is 3. The Bertz CT molecular complexity index is 356. The molecule has 90 valence electrons. The highest BCUT2D eigenvalue weighted by atomic mass is 16.2. The monoisotopic (exact) mass is 225 g/mol. The van der Waals surface area contributed by atoms with Gasteiger partial charge in [-0.1, -0.05) is 13.8 Å². The van der Waals surface area contributed by atoms with Crippen LogP contribution in [0, 0.1) is 0 Å². The van der Waals surface area contributed by atoms with Gasteiger partial charge in [0.05, 0.1) is 17.5 Å². The molecule has 3 N–H and O–H groups in total. The minimum absolute atomic E-state index is 0.296. The van der Waals surface area contributed by atoms with E-state index in [1.165, 1.54) is 0 Å². The normalized spacial score (nSPS) is 10.8. The molecule has 0 aromatic carbocycles. The van der Waals surface area contributed by atoms with Gasteiger partial charge in [0.25, 0.3) is 5.91 Å². The molecule has 0 saturated carbocycles. The Morgan fingerprint density at radius 2 is 2.19 bits per heavy atom. The number of hydrogen-bond acceptors (Lipinski definition) is 4. The van der Waals surface area contributed by atoms with Crippen molar-refractivity contribution in [2.75, 3.05) is 13.1 Å². The van der Waals surface area contributed by atoms with Crippen LogP contribution in [0.2, 0.25) is 0 Å². The number of nitrogen functional groups attached to an aromatic ring is 1. The number of carbonyl (C=O) groups is 1. The highest BCUT2D eigenvalue weighted by molar-refractivity contribution is 5.94. The van der Waals surface area contributed by atoms with Crippen molar-refractivity contribution in [2.24, 2.45) is 12.9 Å². The fourth-order valence-corrected chi connectivity index (χ4v) is 1.58. The smallest absolute Gasteiger partial charge is 0.268 e. The first kappa shape index (κ1) is 12.7. The summed E-state index contributed by atoms with van der Waals surface area (Å²) in [7, 11) is 1.83. The van der Waals surface area contributed by atoms with E-state index in [2.05, 4.69) is 29.3 Å². The van der Waals surface area contributed by atoms with Gasteiger partial charge in [0.1, 0.15) is 0 Å². The van der Waals surface area contributed by atoms with Crippen LogP contribution in [-0.2, 0) is 13.6 Å². The fraction of sp³-hybridized carbons (Fsp3) is 0.600. The first-order valence-electron chi connectivity index (χ1n) is 5.38. The van der Waals surface area contributed by atoms with Gasteiger partial charge >= 0.3 is 0 Å². The van der Waals surface area contributed by atoms with Gasteiger partial charge < -0.3 is 0 Å². The quantitative estimate of drug-likeness (QED) is 0.415. The summed E-state index contributed by atoms with van der Waals surface area (Å²) >= 11 is 0. The molecule has 0 spiro atoms. The van der Waals surface area contributed by atoms with Gasteiger partial charge in [-0.25, -0.2) is 5.84 Å². The highest BCUT2D eigenvalue weighted by Crippen LogP contribution is 2.10. The molecule has 0 bridgehead atoms. The Labute approximate surface area is 95.4 Å². The number of nitrogens with two attached hydrogens (primary N) is 1. The third-order valence-electron chi connectivity index (χ3n) is 2.71. The van der Waals surface area contributed by atoms with Gasteiger partial charge in [-0.05, 0) is 13.1 Å². The van der Waals surface area contributed by atoms with E-state index in [9.17, 15) is 4.79 Å².